The van der Waals surface area contributed by atoms with Crippen LogP contribution in [0, 0.1) is 17.2 Å². The van der Waals surface area contributed by atoms with Crippen LogP contribution in [0.4, 0.5) is 0 Å². The highest BCUT2D eigenvalue weighted by Gasteiger charge is 2.32. The first-order valence-electron chi connectivity index (χ1n) is 13.5. The van der Waals surface area contributed by atoms with Crippen LogP contribution in [-0.4, -0.2) is 60.4 Å². The summed E-state index contributed by atoms with van der Waals surface area (Å²) in [6, 6.07) is 5.77. The molecule has 2 fully saturated rings. The number of aliphatic carboxylic acids is 1. The molecule has 0 aromatic heterocycles. The number of carbonyl (C=O) groups excluding carboxylic acids is 2. The molecule has 1 aromatic carbocycles. The summed E-state index contributed by atoms with van der Waals surface area (Å²) in [6.07, 6.45) is 8.37. The number of hydrogen-bond acceptors (Lipinski definition) is 6. The molecule has 2 amide bonds. The molecule has 2 aliphatic rings. The van der Waals surface area contributed by atoms with E-state index in [0.29, 0.717) is 24.4 Å². The van der Waals surface area contributed by atoms with Crippen LogP contribution in [0.3, 0.4) is 0 Å². The summed E-state index contributed by atoms with van der Waals surface area (Å²) in [4.78, 5) is 37.9. The van der Waals surface area contributed by atoms with Gasteiger partial charge in [0, 0.05) is 12.1 Å². The first-order valence-corrected chi connectivity index (χ1v) is 13.5. The Morgan fingerprint density at radius 3 is 2.32 bits per heavy atom. The van der Waals surface area contributed by atoms with Crippen molar-refractivity contribution in [2.75, 3.05) is 19.6 Å². The fourth-order valence-electron chi connectivity index (χ4n) is 5.36. The van der Waals surface area contributed by atoms with Crippen LogP contribution in [0.2, 0.25) is 0 Å². The summed E-state index contributed by atoms with van der Waals surface area (Å²) in [6.45, 7) is 1.93. The Labute approximate surface area is 219 Å². The molecule has 1 heterocycles. The molecule has 10 heteroatoms. The number of nitrogen functional groups attached to an aromatic ring is 1. The van der Waals surface area contributed by atoms with Crippen LogP contribution in [0.5, 0.6) is 0 Å². The maximum Gasteiger partial charge on any atom is 0.317 e. The lowest BCUT2D eigenvalue weighted by molar-refractivity contribution is -0.137. The second kappa shape index (κ2) is 14.7. The number of nitrogens with one attached hydrogen (secondary N) is 5. The molecule has 1 aromatic rings. The van der Waals surface area contributed by atoms with E-state index in [9.17, 15) is 19.5 Å². The zero-order chi connectivity index (χ0) is 26.6. The predicted molar refractivity (Wildman–Crippen MR) is 142 cm³/mol. The number of amides is 2. The minimum atomic E-state index is -1.01. The monoisotopic (exact) mass is 514 g/mol. The van der Waals surface area contributed by atoms with Gasteiger partial charge < -0.3 is 26.8 Å². The van der Waals surface area contributed by atoms with Gasteiger partial charge in [0.25, 0.3) is 0 Å². The number of carboxylic acid groups (broad SMARTS) is 1. The van der Waals surface area contributed by atoms with Crippen molar-refractivity contribution in [3.05, 3.63) is 35.4 Å². The Balaban J connectivity index is 1.66. The normalized spacial score (nSPS) is 18.5. The second-order valence-corrected chi connectivity index (χ2v) is 10.3. The number of carbonyl (C=O) groups is 3. The number of rotatable bonds is 13. The van der Waals surface area contributed by atoms with E-state index in [4.69, 9.17) is 11.1 Å². The van der Waals surface area contributed by atoms with E-state index in [-0.39, 0.29) is 30.1 Å². The van der Waals surface area contributed by atoms with Gasteiger partial charge in [0.15, 0.2) is 0 Å². The Bertz CT molecular complexity index is 910. The molecule has 1 saturated carbocycles. The second-order valence-electron chi connectivity index (χ2n) is 10.3. The van der Waals surface area contributed by atoms with Crippen molar-refractivity contribution in [3.63, 3.8) is 0 Å². The maximum absolute atomic E-state index is 13.4. The van der Waals surface area contributed by atoms with E-state index in [1.165, 1.54) is 0 Å². The van der Waals surface area contributed by atoms with Crippen molar-refractivity contribution in [2.24, 2.45) is 17.6 Å². The predicted octanol–water partition coefficient (Wildman–Crippen LogP) is 1.47. The minimum absolute atomic E-state index is 0.0136. The lowest BCUT2D eigenvalue weighted by Crippen LogP contribution is -2.56. The zero-order valence-electron chi connectivity index (χ0n) is 21.6. The van der Waals surface area contributed by atoms with E-state index in [1.807, 2.05) is 12.1 Å². The van der Waals surface area contributed by atoms with E-state index in [1.54, 1.807) is 12.1 Å². The van der Waals surface area contributed by atoms with Gasteiger partial charge in [-0.2, -0.15) is 0 Å². The van der Waals surface area contributed by atoms with Crippen LogP contribution >= 0.6 is 0 Å². The molecule has 0 spiro atoms. The summed E-state index contributed by atoms with van der Waals surface area (Å²) in [5.41, 5.74) is 7.00. The van der Waals surface area contributed by atoms with Crippen molar-refractivity contribution in [3.8, 4) is 0 Å². The number of piperidine rings is 1. The van der Waals surface area contributed by atoms with Crippen LogP contribution in [0.1, 0.15) is 68.9 Å². The topological polar surface area (TPSA) is 169 Å². The van der Waals surface area contributed by atoms with Crippen molar-refractivity contribution in [1.29, 1.82) is 5.41 Å². The molecule has 1 unspecified atom stereocenters. The van der Waals surface area contributed by atoms with Crippen LogP contribution in [0.25, 0.3) is 0 Å². The minimum Gasteiger partial charge on any atom is -0.480 e. The summed E-state index contributed by atoms with van der Waals surface area (Å²) in [7, 11) is 0. The molecule has 204 valence electrons. The third-order valence-corrected chi connectivity index (χ3v) is 7.56. The summed E-state index contributed by atoms with van der Waals surface area (Å²) >= 11 is 0. The molecule has 3 rings (SSSR count). The first kappa shape index (κ1) is 28.6. The van der Waals surface area contributed by atoms with Crippen molar-refractivity contribution >= 4 is 23.6 Å². The van der Waals surface area contributed by atoms with Crippen LogP contribution in [-0.2, 0) is 20.9 Å². The molecular weight excluding hydrogens is 472 g/mol. The number of hydrogen-bond donors (Lipinski definition) is 7. The van der Waals surface area contributed by atoms with Gasteiger partial charge in [-0.3, -0.25) is 25.1 Å². The van der Waals surface area contributed by atoms with Gasteiger partial charge in [-0.05, 0) is 69.0 Å². The highest BCUT2D eigenvalue weighted by atomic mass is 16.4. The summed E-state index contributed by atoms with van der Waals surface area (Å²) in [5.74, 6) is -1.01. The molecule has 1 aliphatic carbocycles. The van der Waals surface area contributed by atoms with Crippen LogP contribution < -0.4 is 27.0 Å². The fourth-order valence-corrected chi connectivity index (χ4v) is 5.36. The van der Waals surface area contributed by atoms with Gasteiger partial charge in [0.1, 0.15) is 11.9 Å². The Morgan fingerprint density at radius 1 is 1.03 bits per heavy atom. The summed E-state index contributed by atoms with van der Waals surface area (Å²) < 4.78 is 0. The van der Waals surface area contributed by atoms with Gasteiger partial charge in [0.2, 0.25) is 11.8 Å². The smallest absolute Gasteiger partial charge is 0.317 e. The van der Waals surface area contributed by atoms with E-state index < -0.39 is 18.1 Å². The van der Waals surface area contributed by atoms with Crippen molar-refractivity contribution < 1.29 is 19.5 Å². The van der Waals surface area contributed by atoms with Gasteiger partial charge in [-0.25, -0.2) is 0 Å². The third kappa shape index (κ3) is 9.44. The first-order chi connectivity index (χ1) is 17.8. The lowest BCUT2D eigenvalue weighted by Gasteiger charge is -2.31. The number of carboxylic acids is 1. The average Bonchev–Trinajstić information content (AvgIpc) is 2.91. The highest BCUT2D eigenvalue weighted by molar-refractivity contribution is 5.95. The van der Waals surface area contributed by atoms with Gasteiger partial charge in [0.05, 0.1) is 12.6 Å². The SMILES string of the molecule is N=C(N)c1ccc(CNC(=O)C(CCC2CCNCC2)NC(=O)[C@H](NCC(=O)O)C2CCCCC2)cc1. The molecule has 8 N–H and O–H groups in total. The largest absolute Gasteiger partial charge is 0.480 e. The average molecular weight is 515 g/mol. The van der Waals surface area contributed by atoms with E-state index >= 15 is 0 Å². The van der Waals surface area contributed by atoms with E-state index in [0.717, 1.165) is 70.0 Å². The molecule has 2 atom stereocenters. The number of nitrogens with two attached hydrogens (primary N) is 1. The lowest BCUT2D eigenvalue weighted by atomic mass is 9.83. The summed E-state index contributed by atoms with van der Waals surface area (Å²) in [5, 5.41) is 28.9. The molecule has 37 heavy (non-hydrogen) atoms. The number of amidine groups is 1. The third-order valence-electron chi connectivity index (χ3n) is 7.56. The van der Waals surface area contributed by atoms with Gasteiger partial charge >= 0.3 is 5.97 Å². The molecule has 0 bridgehead atoms. The Morgan fingerprint density at radius 2 is 1.70 bits per heavy atom. The molecule has 1 saturated heterocycles. The molecule has 0 radical (unpaired) electrons. The maximum atomic E-state index is 13.4. The van der Waals surface area contributed by atoms with E-state index in [2.05, 4.69) is 21.3 Å². The molecular formula is C27H42N6O4. The Kier molecular flexibility index (Phi) is 11.3. The zero-order valence-corrected chi connectivity index (χ0v) is 21.6. The Hall–Kier alpha value is -2.98. The quantitative estimate of drug-likeness (QED) is 0.154. The molecule has 10 nitrogen and oxygen atoms in total. The van der Waals surface area contributed by atoms with Crippen molar-refractivity contribution in [1.82, 2.24) is 21.3 Å². The number of benzene rings is 1. The fraction of sp³-hybridized carbons (Fsp3) is 0.630. The van der Waals surface area contributed by atoms with Crippen molar-refractivity contribution in [2.45, 2.75) is 76.4 Å². The highest BCUT2D eigenvalue weighted by Crippen LogP contribution is 2.27. The van der Waals surface area contributed by atoms with Crippen LogP contribution in [0.15, 0.2) is 24.3 Å². The molecule has 1 aliphatic heterocycles. The standard InChI is InChI=1S/C27H42N6O4/c28-25(29)21-9-6-19(7-10-21)16-32-26(36)22(11-8-18-12-14-30-15-13-18)33-27(37)24(31-17-23(34)35)20-4-2-1-3-5-20/h6-7,9-10,18,20,22,24,30-31H,1-5,8,11-17H2,(H3,28,29)(H,32,36)(H,33,37)(H,34,35)/t22?,24-/m1/s1. The van der Waals surface area contributed by atoms with Gasteiger partial charge in [-0.15, -0.1) is 0 Å². The van der Waals surface area contributed by atoms with Gasteiger partial charge in [-0.1, -0.05) is 43.5 Å².